The van der Waals surface area contributed by atoms with Crippen LogP contribution in [0.3, 0.4) is 0 Å². The van der Waals surface area contributed by atoms with Gasteiger partial charge in [0, 0.05) is 24.8 Å². The number of hydrogen-bond acceptors (Lipinski definition) is 3. The molecule has 0 aliphatic carbocycles. The first-order valence-electron chi connectivity index (χ1n) is 9.49. The lowest BCUT2D eigenvalue weighted by Gasteiger charge is -2.29. The van der Waals surface area contributed by atoms with Crippen LogP contribution in [0, 0.1) is 5.82 Å². The Labute approximate surface area is 166 Å². The molecule has 0 bridgehead atoms. The third-order valence-electron chi connectivity index (χ3n) is 4.61. The van der Waals surface area contributed by atoms with Gasteiger partial charge in [0.2, 0.25) is 11.8 Å². The Kier molecular flexibility index (Phi) is 8.14. The zero-order valence-electron chi connectivity index (χ0n) is 16.7. The molecule has 2 aromatic carbocycles. The third-order valence-corrected chi connectivity index (χ3v) is 4.61. The van der Waals surface area contributed by atoms with Crippen molar-refractivity contribution < 1.29 is 14.0 Å². The van der Waals surface area contributed by atoms with Gasteiger partial charge in [0.05, 0.1) is 12.6 Å². The second kappa shape index (κ2) is 10.6. The monoisotopic (exact) mass is 385 g/mol. The molecular formula is C22H28FN3O2. The average molecular weight is 385 g/mol. The van der Waals surface area contributed by atoms with E-state index >= 15 is 0 Å². The molecule has 2 aromatic rings. The predicted octanol–water partition coefficient (Wildman–Crippen LogP) is 3.52. The molecule has 0 heterocycles. The van der Waals surface area contributed by atoms with Gasteiger partial charge in [0.15, 0.2) is 0 Å². The van der Waals surface area contributed by atoms with Crippen LogP contribution in [-0.4, -0.2) is 47.8 Å². The fourth-order valence-corrected chi connectivity index (χ4v) is 2.90. The number of amides is 2. The van der Waals surface area contributed by atoms with E-state index < -0.39 is 6.04 Å². The number of halogens is 1. The second-order valence-corrected chi connectivity index (χ2v) is 6.84. The predicted molar refractivity (Wildman–Crippen MR) is 109 cm³/mol. The molecule has 0 fully saturated rings. The van der Waals surface area contributed by atoms with Crippen LogP contribution in [0.25, 0.3) is 0 Å². The van der Waals surface area contributed by atoms with Crippen LogP contribution in [0.5, 0.6) is 0 Å². The summed E-state index contributed by atoms with van der Waals surface area (Å²) in [6.07, 6.45) is 0.813. The molecule has 0 saturated heterocycles. The van der Waals surface area contributed by atoms with E-state index in [2.05, 4.69) is 5.32 Å². The highest BCUT2D eigenvalue weighted by atomic mass is 19.1. The van der Waals surface area contributed by atoms with Crippen molar-refractivity contribution in [1.82, 2.24) is 9.80 Å². The quantitative estimate of drug-likeness (QED) is 0.719. The highest BCUT2D eigenvalue weighted by molar-refractivity contribution is 5.94. The number of benzene rings is 2. The summed E-state index contributed by atoms with van der Waals surface area (Å²) >= 11 is 0. The minimum absolute atomic E-state index is 0.0994. The Morgan fingerprint density at radius 2 is 1.71 bits per heavy atom. The molecule has 150 valence electrons. The maximum atomic E-state index is 13.8. The molecule has 1 N–H and O–H groups in total. The molecule has 0 aromatic heterocycles. The Morgan fingerprint density at radius 1 is 1.07 bits per heavy atom. The van der Waals surface area contributed by atoms with Gasteiger partial charge in [-0.3, -0.25) is 14.5 Å². The zero-order chi connectivity index (χ0) is 20.5. The smallest absolute Gasteiger partial charge is 0.241 e. The van der Waals surface area contributed by atoms with E-state index in [0.717, 1.165) is 12.1 Å². The first kappa shape index (κ1) is 21.6. The van der Waals surface area contributed by atoms with Crippen molar-refractivity contribution in [3.05, 3.63) is 66.0 Å². The summed E-state index contributed by atoms with van der Waals surface area (Å²) in [6, 6.07) is 15.2. The van der Waals surface area contributed by atoms with Gasteiger partial charge in [0.25, 0.3) is 0 Å². The van der Waals surface area contributed by atoms with Crippen LogP contribution in [0.4, 0.5) is 10.1 Å². The highest BCUT2D eigenvalue weighted by Gasteiger charge is 2.24. The first-order valence-corrected chi connectivity index (χ1v) is 9.49. The molecule has 0 radical (unpaired) electrons. The number of anilines is 1. The SMILES string of the molecule is CCCN(CC(=O)N(C)Cc1ccccc1F)C(C)C(=O)Nc1ccccc1. The molecular weight excluding hydrogens is 357 g/mol. The highest BCUT2D eigenvalue weighted by Crippen LogP contribution is 2.11. The molecule has 2 amide bonds. The number of rotatable bonds is 9. The number of nitrogens with one attached hydrogen (secondary N) is 1. The Balaban J connectivity index is 1.99. The largest absolute Gasteiger partial charge is 0.340 e. The molecule has 2 rings (SSSR count). The van der Waals surface area contributed by atoms with Crippen molar-refractivity contribution in [3.8, 4) is 0 Å². The maximum Gasteiger partial charge on any atom is 0.241 e. The van der Waals surface area contributed by atoms with Crippen molar-refractivity contribution in [2.75, 3.05) is 25.5 Å². The molecule has 6 heteroatoms. The maximum absolute atomic E-state index is 13.8. The van der Waals surface area contributed by atoms with Crippen LogP contribution in [0.15, 0.2) is 54.6 Å². The van der Waals surface area contributed by atoms with Crippen molar-refractivity contribution in [2.45, 2.75) is 32.9 Å². The number of nitrogens with zero attached hydrogens (tertiary/aromatic N) is 2. The van der Waals surface area contributed by atoms with E-state index in [9.17, 15) is 14.0 Å². The second-order valence-electron chi connectivity index (χ2n) is 6.84. The van der Waals surface area contributed by atoms with E-state index in [-0.39, 0.29) is 30.7 Å². The van der Waals surface area contributed by atoms with E-state index in [4.69, 9.17) is 0 Å². The minimum atomic E-state index is -0.467. The Morgan fingerprint density at radius 3 is 2.36 bits per heavy atom. The van der Waals surface area contributed by atoms with E-state index in [1.54, 1.807) is 32.2 Å². The van der Waals surface area contributed by atoms with Gasteiger partial charge in [-0.25, -0.2) is 4.39 Å². The van der Waals surface area contributed by atoms with Crippen LogP contribution in [-0.2, 0) is 16.1 Å². The fourth-order valence-electron chi connectivity index (χ4n) is 2.90. The molecule has 1 unspecified atom stereocenters. The van der Waals surface area contributed by atoms with Crippen LogP contribution < -0.4 is 5.32 Å². The topological polar surface area (TPSA) is 52.7 Å². The molecule has 0 saturated carbocycles. The standard InChI is InChI=1S/C22H28FN3O2/c1-4-14-26(17(2)22(28)24-19-11-6-5-7-12-19)16-21(27)25(3)15-18-10-8-9-13-20(18)23/h5-13,17H,4,14-16H2,1-3H3,(H,24,28). The number of hydrogen-bond donors (Lipinski definition) is 1. The normalized spacial score (nSPS) is 11.9. The molecule has 28 heavy (non-hydrogen) atoms. The van der Waals surface area contributed by atoms with Gasteiger partial charge in [-0.15, -0.1) is 0 Å². The van der Waals surface area contributed by atoms with Gasteiger partial charge in [-0.1, -0.05) is 43.3 Å². The number of carbonyl (C=O) groups excluding carboxylic acids is 2. The summed E-state index contributed by atoms with van der Waals surface area (Å²) in [5, 5.41) is 2.88. The van der Waals surface area contributed by atoms with E-state index in [1.165, 1.54) is 11.0 Å². The Hall–Kier alpha value is -2.73. The fraction of sp³-hybridized carbons (Fsp3) is 0.364. The van der Waals surface area contributed by atoms with Gasteiger partial charge in [-0.05, 0) is 38.1 Å². The van der Waals surface area contributed by atoms with E-state index in [1.807, 2.05) is 42.2 Å². The third kappa shape index (κ3) is 6.16. The van der Waals surface area contributed by atoms with Gasteiger partial charge in [0.1, 0.15) is 5.82 Å². The Bertz CT molecular complexity index is 782. The van der Waals surface area contributed by atoms with Gasteiger partial charge >= 0.3 is 0 Å². The zero-order valence-corrected chi connectivity index (χ0v) is 16.7. The number of carbonyl (C=O) groups is 2. The van der Waals surface area contributed by atoms with Crippen LogP contribution >= 0.6 is 0 Å². The van der Waals surface area contributed by atoms with Crippen LogP contribution in [0.1, 0.15) is 25.8 Å². The summed E-state index contributed by atoms with van der Waals surface area (Å²) in [5.41, 5.74) is 1.19. The molecule has 0 aliphatic heterocycles. The minimum Gasteiger partial charge on any atom is -0.340 e. The number of likely N-dealkylation sites (N-methyl/N-ethyl adjacent to an activating group) is 1. The van der Waals surface area contributed by atoms with Crippen molar-refractivity contribution in [2.24, 2.45) is 0 Å². The van der Waals surface area contributed by atoms with Crippen molar-refractivity contribution >= 4 is 17.5 Å². The molecule has 1 atom stereocenters. The summed E-state index contributed by atoms with van der Waals surface area (Å²) in [5.74, 6) is -0.650. The molecule has 0 aliphatic rings. The lowest BCUT2D eigenvalue weighted by atomic mass is 10.2. The molecule has 5 nitrogen and oxygen atoms in total. The van der Waals surface area contributed by atoms with Gasteiger partial charge in [-0.2, -0.15) is 0 Å². The first-order chi connectivity index (χ1) is 13.4. The van der Waals surface area contributed by atoms with Crippen molar-refractivity contribution in [1.29, 1.82) is 0 Å². The summed E-state index contributed by atoms with van der Waals surface area (Å²) < 4.78 is 13.8. The van der Waals surface area contributed by atoms with Gasteiger partial charge < -0.3 is 10.2 Å². The summed E-state index contributed by atoms with van der Waals surface area (Å²) in [6.45, 7) is 4.70. The number of para-hydroxylation sites is 1. The lowest BCUT2D eigenvalue weighted by Crippen LogP contribution is -2.47. The average Bonchev–Trinajstić information content (AvgIpc) is 2.69. The summed E-state index contributed by atoms with van der Waals surface area (Å²) in [4.78, 5) is 28.6. The summed E-state index contributed by atoms with van der Waals surface area (Å²) in [7, 11) is 1.65. The molecule has 0 spiro atoms. The van der Waals surface area contributed by atoms with Crippen molar-refractivity contribution in [3.63, 3.8) is 0 Å². The lowest BCUT2D eigenvalue weighted by molar-refractivity contribution is -0.133. The van der Waals surface area contributed by atoms with Crippen LogP contribution in [0.2, 0.25) is 0 Å². The van der Waals surface area contributed by atoms with E-state index in [0.29, 0.717) is 12.1 Å².